The van der Waals surface area contributed by atoms with E-state index in [0.29, 0.717) is 6.42 Å². The van der Waals surface area contributed by atoms with E-state index in [0.717, 1.165) is 87.9 Å². The molecule has 3 aromatic rings. The third-order valence-corrected chi connectivity index (χ3v) is 20.2. The monoisotopic (exact) mass is 1700 g/mol. The fourth-order valence-corrected chi connectivity index (χ4v) is 13.6. The highest BCUT2D eigenvalue weighted by atomic mass is 16.5. The summed E-state index contributed by atoms with van der Waals surface area (Å²) in [6, 6.07) is 3.21. The number of carbonyl (C=O) groups is 14. The van der Waals surface area contributed by atoms with Crippen molar-refractivity contribution in [3.8, 4) is 0 Å². The van der Waals surface area contributed by atoms with E-state index in [1.807, 2.05) is 0 Å². The Labute approximate surface area is 691 Å². The van der Waals surface area contributed by atoms with Gasteiger partial charge < -0.3 is 91.2 Å². The Balaban J connectivity index is 2.34. The van der Waals surface area contributed by atoms with Crippen molar-refractivity contribution in [2.45, 2.75) is 293 Å². The Morgan fingerprint density at radius 3 is 0.608 bits per heavy atom. The molecule has 0 aromatic carbocycles. The SMILES string of the molecule is CCCCCCCCCCCCCCCC[n+]1cc(C(=O)OCC[n+]2cc(C(O)=NC(CCC(=O)O)(CCC(=O)O)CCC(=O)O)cc(C(O)=NC(CCC(=O)O)(CCC(=O)O)CCC(=O)O)c2)cc(C(=O)OCC[n+]2cc(C(O)=NC(CCC(=O)O)(CCC(=O)O)CCC(=O)O)cc(C(O)=NC(CCC(=O)O)(CCC(=O)O)CCC(=O)O)c2)c1. The van der Waals surface area contributed by atoms with Crippen molar-refractivity contribution in [2.75, 3.05) is 13.2 Å². The Kier molecular flexibility index (Phi) is 44.8. The van der Waals surface area contributed by atoms with Gasteiger partial charge in [-0.1, -0.05) is 84.0 Å². The highest BCUT2D eigenvalue weighted by Crippen LogP contribution is 2.36. The predicted octanol–water partition coefficient (Wildman–Crippen LogP) is 9.30. The van der Waals surface area contributed by atoms with Gasteiger partial charge in [0.05, 0.1) is 22.2 Å². The van der Waals surface area contributed by atoms with E-state index in [2.05, 4.69) is 26.9 Å². The molecule has 0 atom stereocenters. The number of aryl methyl sites for hydroxylation is 1. The quantitative estimate of drug-likeness (QED) is 0.00822. The van der Waals surface area contributed by atoms with E-state index in [9.17, 15) is 149 Å². The zero-order chi connectivity index (χ0) is 89.6. The minimum atomic E-state index is -1.89. The smallest absolute Gasteiger partial charge is 0.344 e. The molecule has 0 spiro atoms. The van der Waals surface area contributed by atoms with E-state index >= 15 is 0 Å². The minimum Gasteiger partial charge on any atom is -0.493 e. The molecule has 120 heavy (non-hydrogen) atoms. The molecule has 0 saturated carbocycles. The van der Waals surface area contributed by atoms with Crippen LogP contribution in [0.25, 0.3) is 0 Å². The molecule has 0 aliphatic heterocycles. The third-order valence-electron chi connectivity index (χ3n) is 20.2. The summed E-state index contributed by atoms with van der Waals surface area (Å²) in [6.45, 7) is 0.350. The van der Waals surface area contributed by atoms with Gasteiger partial charge in [0.1, 0.15) is 39.9 Å². The molecule has 0 saturated heterocycles. The molecule has 3 aromatic heterocycles. The summed E-state index contributed by atoms with van der Waals surface area (Å²) in [5, 5.41) is 164. The van der Waals surface area contributed by atoms with Crippen molar-refractivity contribution in [3.63, 3.8) is 0 Å². The number of aliphatic imine (C=N–C) groups is 4. The summed E-state index contributed by atoms with van der Waals surface area (Å²) in [5.74, 6) is -22.8. The molecule has 0 amide bonds. The third kappa shape index (κ3) is 41.3. The molecule has 0 fully saturated rings. The van der Waals surface area contributed by atoms with Crippen LogP contribution >= 0.6 is 0 Å². The highest BCUT2D eigenvalue weighted by molar-refractivity contribution is 5.99. The van der Waals surface area contributed by atoms with Crippen LogP contribution in [-0.4, -0.2) is 224 Å². The van der Waals surface area contributed by atoms with Crippen molar-refractivity contribution < 1.29 is 172 Å². The molecule has 16 N–H and O–H groups in total. The van der Waals surface area contributed by atoms with Crippen molar-refractivity contribution in [3.05, 3.63) is 88.8 Å². The lowest BCUT2D eigenvalue weighted by Gasteiger charge is -2.29. The second-order valence-electron chi connectivity index (χ2n) is 29.9. The van der Waals surface area contributed by atoms with Gasteiger partial charge in [0.15, 0.2) is 63.5 Å². The molecule has 0 unspecified atom stereocenters. The summed E-state index contributed by atoms with van der Waals surface area (Å²) >= 11 is 0. The zero-order valence-corrected chi connectivity index (χ0v) is 67.4. The Morgan fingerprint density at radius 2 is 0.417 bits per heavy atom. The number of pyridine rings is 3. The Morgan fingerprint density at radius 1 is 0.250 bits per heavy atom. The molecular weight excluding hydrogens is 1580 g/mol. The number of carboxylic acids is 12. The first-order valence-electron chi connectivity index (χ1n) is 39.9. The van der Waals surface area contributed by atoms with E-state index in [4.69, 9.17) is 9.47 Å². The van der Waals surface area contributed by atoms with Crippen LogP contribution in [0, 0.1) is 0 Å². The van der Waals surface area contributed by atoms with Gasteiger partial charge in [-0.05, 0) is 102 Å². The number of unbranched alkanes of at least 4 members (excludes halogenated alkanes) is 13. The van der Waals surface area contributed by atoms with Gasteiger partial charge in [-0.3, -0.25) is 57.5 Å². The lowest BCUT2D eigenvalue weighted by atomic mass is 9.84. The fraction of sp³-hybridized carbons (Fsp3) is 0.593. The average Bonchev–Trinajstić information content (AvgIpc) is 0.809. The minimum absolute atomic E-state index is 0.227. The molecule has 0 bridgehead atoms. The molecule has 0 aliphatic rings. The first kappa shape index (κ1) is 102. The van der Waals surface area contributed by atoms with Gasteiger partial charge in [-0.2, -0.15) is 9.13 Å². The number of carbonyl (C=O) groups excluding carboxylic acids is 2. The van der Waals surface area contributed by atoms with Gasteiger partial charge in [0.2, 0.25) is 23.6 Å². The van der Waals surface area contributed by atoms with Crippen molar-refractivity contribution >= 4 is 107 Å². The Bertz CT molecular complexity index is 3540. The summed E-state index contributed by atoms with van der Waals surface area (Å²) in [6.07, 6.45) is 7.67. The number of hydrogen-bond donors (Lipinski definition) is 16. The van der Waals surface area contributed by atoms with Gasteiger partial charge >= 0.3 is 83.6 Å². The van der Waals surface area contributed by atoms with Crippen LogP contribution < -0.4 is 13.7 Å². The van der Waals surface area contributed by atoms with Crippen molar-refractivity contribution in [1.29, 1.82) is 0 Å². The first-order valence-corrected chi connectivity index (χ1v) is 39.9. The molecule has 3 heterocycles. The number of aliphatic hydroxyl groups is 4. The van der Waals surface area contributed by atoms with E-state index in [1.54, 1.807) is 0 Å². The summed E-state index contributed by atoms with van der Waals surface area (Å²) in [7, 11) is 0. The largest absolute Gasteiger partial charge is 0.493 e. The summed E-state index contributed by atoms with van der Waals surface area (Å²) in [4.78, 5) is 190. The molecule has 662 valence electrons. The molecule has 39 heteroatoms. The van der Waals surface area contributed by atoms with Crippen LogP contribution in [0.3, 0.4) is 0 Å². The van der Waals surface area contributed by atoms with E-state index in [-0.39, 0.29) is 39.9 Å². The van der Waals surface area contributed by atoms with Crippen molar-refractivity contribution in [1.82, 2.24) is 0 Å². The van der Waals surface area contributed by atoms with Gasteiger partial charge in [-0.25, -0.2) is 34.1 Å². The fourth-order valence-electron chi connectivity index (χ4n) is 13.6. The van der Waals surface area contributed by atoms with Crippen LogP contribution in [0.15, 0.2) is 75.3 Å². The average molecular weight is 1700 g/mol. The molecule has 0 radical (unpaired) electrons. The number of hydrogen-bond acceptors (Lipinski definition) is 20. The zero-order valence-electron chi connectivity index (χ0n) is 67.4. The second kappa shape index (κ2) is 52.7. The maximum absolute atomic E-state index is 14.4. The number of aliphatic carboxylic acids is 12. The maximum Gasteiger partial charge on any atom is 0.344 e. The lowest BCUT2D eigenvalue weighted by Crippen LogP contribution is -2.39. The molecule has 3 rings (SSSR count). The lowest BCUT2D eigenvalue weighted by molar-refractivity contribution is -0.698. The first-order chi connectivity index (χ1) is 56.6. The number of rotatable bonds is 67. The van der Waals surface area contributed by atoms with Crippen LogP contribution in [0.1, 0.15) is 294 Å². The summed E-state index contributed by atoms with van der Waals surface area (Å²) < 4.78 is 15.5. The Hall–Kier alpha value is -12.1. The van der Waals surface area contributed by atoms with Gasteiger partial charge in [0.25, 0.3) is 0 Å². The number of esters is 2. The topological polar surface area (TPSA) is 642 Å². The number of aliphatic hydroxyl groups excluding tert-OH is 4. The van der Waals surface area contributed by atoms with Gasteiger partial charge in [0, 0.05) is 83.5 Å². The predicted molar refractivity (Wildman–Crippen MR) is 421 cm³/mol. The maximum atomic E-state index is 14.4. The standard InChI is InChI=1S/C81H111N7O32/c1-2-3-4-5-6-7-8-9-10-11-12-13-14-15-40-86-52-58(76(117)119-43-41-87-48-54(72(113)82-78(28-16-60(89)90,29-17-61(91)92)30-18-62(93)94)45-55(49-87)73(114)83-79(31-19-63(95)96,32-20-64(97)98)33-21-65(99)100)47-59(53-86)77(118)120-44-42-88-50-56(74(115)84-80(34-22-66(101)102,35-23-67(103)104)36-24-68(105)106)46-57(51-88)75(116)85-81(37-25-69(107)108,38-26-70(109)110)39-27-71(111)112/h45-53H,2-44H2,1H3,(H13-3,82,83,84,85,89,90,91,92,93,94,95,96,97,98,99,100,101,102,103,104,105,106,107,108,109,110,111,112,113,114,115,116)/p+3. The van der Waals surface area contributed by atoms with Gasteiger partial charge in [-0.15, -0.1) is 0 Å². The second-order valence-corrected chi connectivity index (χ2v) is 29.9. The van der Waals surface area contributed by atoms with Crippen LogP contribution in [-0.2, 0) is 86.6 Å². The summed E-state index contributed by atoms with van der Waals surface area (Å²) in [5.41, 5.74) is -9.51. The number of nitrogens with zero attached hydrogens (tertiary/aromatic N) is 7. The molecular formula is C81H114N7O32+3. The number of aromatic nitrogens is 3. The molecule has 39 nitrogen and oxygen atoms in total. The van der Waals surface area contributed by atoms with E-state index < -0.39 is 310 Å². The molecule has 0 aliphatic carbocycles. The highest BCUT2D eigenvalue weighted by Gasteiger charge is 2.39. The van der Waals surface area contributed by atoms with Crippen LogP contribution in [0.2, 0.25) is 0 Å². The van der Waals surface area contributed by atoms with Crippen LogP contribution in [0.4, 0.5) is 0 Å². The normalized spacial score (nSPS) is 12.3. The number of ether oxygens (including phenoxy) is 2. The van der Waals surface area contributed by atoms with E-state index in [1.165, 1.54) is 64.6 Å². The van der Waals surface area contributed by atoms with Crippen molar-refractivity contribution in [2.24, 2.45) is 20.0 Å². The number of carboxylic acid groups (broad SMARTS) is 12. The van der Waals surface area contributed by atoms with Crippen LogP contribution in [0.5, 0.6) is 0 Å².